The van der Waals surface area contributed by atoms with Crippen molar-refractivity contribution in [2.45, 2.75) is 19.6 Å². The molecule has 2 N–H and O–H groups in total. The zero-order valence-electron chi connectivity index (χ0n) is 23.8. The topological polar surface area (TPSA) is 43.7 Å². The second-order valence-corrected chi connectivity index (χ2v) is 16.2. The van der Waals surface area contributed by atoms with E-state index in [0.717, 1.165) is 44.5 Å². The van der Waals surface area contributed by atoms with Crippen LogP contribution in [-0.4, -0.2) is 18.3 Å². The molecule has 3 nitrogen and oxygen atoms in total. The number of hydrogen-bond donors (Lipinski definition) is 2. The Kier molecular flexibility index (Phi) is 7.69. The highest BCUT2D eigenvalue weighted by Crippen LogP contribution is 2.43. The predicted molar refractivity (Wildman–Crippen MR) is 178 cm³/mol. The SMILES string of the molecule is C=CC=C(C=C)N(c1ccc([Si](C)(C)C)cc1)c1ccc(-c2ccc(O)c3c(-c4ccccc4)cccc23)c(O)c1. The van der Waals surface area contributed by atoms with Crippen LogP contribution in [0, 0.1) is 0 Å². The molecular weight excluding hydrogens is 518 g/mol. The van der Waals surface area contributed by atoms with Crippen molar-refractivity contribution in [1.82, 2.24) is 0 Å². The van der Waals surface area contributed by atoms with E-state index in [-0.39, 0.29) is 11.5 Å². The predicted octanol–water partition coefficient (Wildman–Crippen LogP) is 9.52. The van der Waals surface area contributed by atoms with Gasteiger partial charge in [-0.05, 0) is 70.6 Å². The van der Waals surface area contributed by atoms with Crippen LogP contribution in [0.2, 0.25) is 19.6 Å². The van der Waals surface area contributed by atoms with E-state index in [1.54, 1.807) is 24.3 Å². The van der Waals surface area contributed by atoms with E-state index in [1.807, 2.05) is 72.8 Å². The maximum absolute atomic E-state index is 11.4. The molecule has 5 rings (SSSR count). The summed E-state index contributed by atoms with van der Waals surface area (Å²) in [6, 6.07) is 33.9. The minimum absolute atomic E-state index is 0.144. The van der Waals surface area contributed by atoms with Crippen molar-refractivity contribution in [1.29, 1.82) is 0 Å². The molecular formula is C37H35NO2Si. The van der Waals surface area contributed by atoms with Crippen LogP contribution in [0.25, 0.3) is 33.0 Å². The summed E-state index contributed by atoms with van der Waals surface area (Å²) < 4.78 is 0. The first-order chi connectivity index (χ1) is 19.7. The van der Waals surface area contributed by atoms with E-state index in [4.69, 9.17) is 0 Å². The number of phenolic OH excluding ortho intramolecular Hbond substituents is 2. The van der Waals surface area contributed by atoms with Crippen LogP contribution in [0.3, 0.4) is 0 Å². The first kappa shape index (κ1) is 27.8. The van der Waals surface area contributed by atoms with Gasteiger partial charge in [-0.2, -0.15) is 0 Å². The monoisotopic (exact) mass is 553 g/mol. The molecule has 0 amide bonds. The molecule has 5 aromatic rings. The Bertz CT molecular complexity index is 1760. The van der Waals surface area contributed by atoms with Gasteiger partial charge in [0.15, 0.2) is 0 Å². The van der Waals surface area contributed by atoms with Crippen LogP contribution >= 0.6 is 0 Å². The largest absolute Gasteiger partial charge is 0.507 e. The number of phenols is 2. The summed E-state index contributed by atoms with van der Waals surface area (Å²) in [6.07, 6.45) is 5.43. The normalized spacial score (nSPS) is 11.8. The Hall–Kier alpha value is -4.80. The average molecular weight is 554 g/mol. The van der Waals surface area contributed by atoms with Gasteiger partial charge in [0.1, 0.15) is 11.5 Å². The number of rotatable bonds is 8. The second-order valence-electron chi connectivity index (χ2n) is 11.1. The van der Waals surface area contributed by atoms with Crippen molar-refractivity contribution in [2.24, 2.45) is 0 Å². The number of hydrogen-bond acceptors (Lipinski definition) is 3. The third-order valence-electron chi connectivity index (χ3n) is 7.38. The Balaban J connectivity index is 1.64. The van der Waals surface area contributed by atoms with E-state index < -0.39 is 8.07 Å². The molecule has 204 valence electrons. The van der Waals surface area contributed by atoms with Gasteiger partial charge in [-0.1, -0.05) is 105 Å². The van der Waals surface area contributed by atoms with Crippen LogP contribution in [0.4, 0.5) is 11.4 Å². The molecule has 0 aliphatic carbocycles. The van der Waals surface area contributed by atoms with E-state index >= 15 is 0 Å². The van der Waals surface area contributed by atoms with Gasteiger partial charge >= 0.3 is 0 Å². The summed E-state index contributed by atoms with van der Waals surface area (Å²) in [5.74, 6) is 0.350. The highest BCUT2D eigenvalue weighted by Gasteiger charge is 2.20. The van der Waals surface area contributed by atoms with Gasteiger partial charge < -0.3 is 15.1 Å². The highest BCUT2D eigenvalue weighted by atomic mass is 28.3. The molecule has 41 heavy (non-hydrogen) atoms. The molecule has 0 aromatic heterocycles. The van der Waals surface area contributed by atoms with Gasteiger partial charge in [0.05, 0.1) is 8.07 Å². The Morgan fingerprint density at radius 2 is 1.37 bits per heavy atom. The minimum Gasteiger partial charge on any atom is -0.507 e. The van der Waals surface area contributed by atoms with E-state index in [1.165, 1.54) is 5.19 Å². The van der Waals surface area contributed by atoms with Crippen molar-refractivity contribution in [3.8, 4) is 33.8 Å². The van der Waals surface area contributed by atoms with Crippen LogP contribution in [0.1, 0.15) is 0 Å². The Labute approximate surface area is 243 Å². The van der Waals surface area contributed by atoms with Crippen molar-refractivity contribution in [3.05, 3.63) is 140 Å². The van der Waals surface area contributed by atoms with Gasteiger partial charge in [0.2, 0.25) is 0 Å². The molecule has 0 saturated carbocycles. The molecule has 0 unspecified atom stereocenters. The fourth-order valence-corrected chi connectivity index (χ4v) is 6.45. The average Bonchev–Trinajstić information content (AvgIpc) is 2.97. The first-order valence-electron chi connectivity index (χ1n) is 13.7. The fraction of sp³-hybridized carbons (Fsp3) is 0.0811. The van der Waals surface area contributed by atoms with Crippen LogP contribution in [0.15, 0.2) is 140 Å². The summed E-state index contributed by atoms with van der Waals surface area (Å²) in [7, 11) is -1.45. The van der Waals surface area contributed by atoms with Gasteiger partial charge in [-0.25, -0.2) is 0 Å². The molecule has 4 heteroatoms. The van der Waals surface area contributed by atoms with Gasteiger partial charge in [-0.3, -0.25) is 0 Å². The second kappa shape index (κ2) is 11.4. The molecule has 0 radical (unpaired) electrons. The number of allylic oxidation sites excluding steroid dienone is 3. The zero-order chi connectivity index (χ0) is 29.1. The van der Waals surface area contributed by atoms with Crippen molar-refractivity contribution < 1.29 is 10.2 Å². The Morgan fingerprint density at radius 3 is 2.00 bits per heavy atom. The highest BCUT2D eigenvalue weighted by molar-refractivity contribution is 6.88. The molecule has 0 aliphatic rings. The number of benzene rings is 5. The maximum Gasteiger partial charge on any atom is 0.125 e. The molecule has 0 aliphatic heterocycles. The lowest BCUT2D eigenvalue weighted by Gasteiger charge is -2.27. The summed E-state index contributed by atoms with van der Waals surface area (Å²) >= 11 is 0. The quantitative estimate of drug-likeness (QED) is 0.149. The lowest BCUT2D eigenvalue weighted by molar-refractivity contribution is 0.477. The van der Waals surface area contributed by atoms with Gasteiger partial charge in [0.25, 0.3) is 0 Å². The first-order valence-corrected chi connectivity index (χ1v) is 17.2. The summed E-state index contributed by atoms with van der Waals surface area (Å²) in [4.78, 5) is 2.06. The van der Waals surface area contributed by atoms with Crippen LogP contribution in [0.5, 0.6) is 11.5 Å². The summed E-state index contributed by atoms with van der Waals surface area (Å²) in [6.45, 7) is 14.9. The molecule has 0 saturated heterocycles. The Morgan fingerprint density at radius 1 is 0.683 bits per heavy atom. The third kappa shape index (κ3) is 5.47. The van der Waals surface area contributed by atoms with Crippen LogP contribution in [-0.2, 0) is 0 Å². The van der Waals surface area contributed by atoms with Crippen molar-refractivity contribution in [2.75, 3.05) is 4.90 Å². The third-order valence-corrected chi connectivity index (χ3v) is 9.45. The number of fused-ring (bicyclic) bond motifs is 1. The minimum atomic E-state index is -1.45. The number of aromatic hydroxyl groups is 2. The smallest absolute Gasteiger partial charge is 0.125 e. The lowest BCUT2D eigenvalue weighted by atomic mass is 9.92. The molecule has 5 aromatic carbocycles. The van der Waals surface area contributed by atoms with E-state index in [2.05, 4.69) is 62.0 Å². The van der Waals surface area contributed by atoms with Crippen molar-refractivity contribution >= 4 is 35.4 Å². The summed E-state index contributed by atoms with van der Waals surface area (Å²) in [5.41, 5.74) is 6.10. The molecule has 0 atom stereocenters. The maximum atomic E-state index is 11.4. The standard InChI is InChI=1S/C37H35NO2Si/c1-6-12-27(7-2)38(28-17-20-30(21-18-28)41(3,4)5)29-19-22-33(36(40)25-29)32-23-24-35(39)37-31(15-11-16-34(32)37)26-13-9-8-10-14-26/h6-25,39-40H,1-2H2,3-5H3. The number of nitrogens with zero attached hydrogens (tertiary/aromatic N) is 1. The molecule has 0 heterocycles. The van der Waals surface area contributed by atoms with Gasteiger partial charge in [-0.15, -0.1) is 0 Å². The zero-order valence-corrected chi connectivity index (χ0v) is 24.8. The lowest BCUT2D eigenvalue weighted by Crippen LogP contribution is -2.37. The fourth-order valence-electron chi connectivity index (χ4n) is 5.28. The van der Waals surface area contributed by atoms with Crippen molar-refractivity contribution in [3.63, 3.8) is 0 Å². The summed E-state index contributed by atoms with van der Waals surface area (Å²) in [5, 5.41) is 25.4. The van der Waals surface area contributed by atoms with E-state index in [9.17, 15) is 10.2 Å². The van der Waals surface area contributed by atoms with E-state index in [0.29, 0.717) is 5.56 Å². The van der Waals surface area contributed by atoms with Gasteiger partial charge in [0, 0.05) is 34.1 Å². The molecule has 0 fully saturated rings. The van der Waals surface area contributed by atoms with Crippen LogP contribution < -0.4 is 10.1 Å². The number of anilines is 2. The molecule has 0 spiro atoms. The molecule has 0 bridgehead atoms.